The van der Waals surface area contributed by atoms with Crippen LogP contribution in [0.15, 0.2) is 91.0 Å². The number of fused-ring (bicyclic) bond motifs is 3. The maximum Gasteiger partial charge on any atom is -0.00971 e. The van der Waals surface area contributed by atoms with Gasteiger partial charge in [-0.25, -0.2) is 0 Å². The van der Waals surface area contributed by atoms with E-state index >= 15 is 0 Å². The summed E-state index contributed by atoms with van der Waals surface area (Å²) in [5, 5.41) is 0. The molecule has 0 spiro atoms. The van der Waals surface area contributed by atoms with E-state index in [-0.39, 0.29) is 0 Å². The first-order chi connectivity index (χ1) is 23.6. The molecule has 4 aliphatic carbocycles. The van der Waals surface area contributed by atoms with Crippen molar-refractivity contribution < 1.29 is 0 Å². The smallest absolute Gasteiger partial charge is 0.00971 e. The van der Waals surface area contributed by atoms with E-state index in [1.54, 1.807) is 16.7 Å². The summed E-state index contributed by atoms with van der Waals surface area (Å²) in [6, 6.07) is 35.7. The van der Waals surface area contributed by atoms with Crippen LogP contribution >= 0.6 is 0 Å². The highest BCUT2D eigenvalue weighted by atomic mass is 14.7. The van der Waals surface area contributed by atoms with Gasteiger partial charge in [-0.1, -0.05) is 160 Å². The Labute approximate surface area is 307 Å². The largest absolute Gasteiger partial charge is 0.0622 e. The van der Waals surface area contributed by atoms with E-state index in [4.69, 9.17) is 0 Å². The molecule has 0 N–H and O–H groups in total. The summed E-state index contributed by atoms with van der Waals surface area (Å²) in [5.74, 6) is 9.69. The van der Waals surface area contributed by atoms with E-state index in [2.05, 4.69) is 160 Å². The zero-order valence-corrected chi connectivity index (χ0v) is 33.4. The highest BCUT2D eigenvalue weighted by molar-refractivity contribution is 5.30. The first-order valence-electron chi connectivity index (χ1n) is 20.8. The van der Waals surface area contributed by atoms with Crippen molar-refractivity contribution in [3.63, 3.8) is 0 Å². The Hall–Kier alpha value is -2.34. The van der Waals surface area contributed by atoms with Crippen LogP contribution in [0.3, 0.4) is 0 Å². The van der Waals surface area contributed by atoms with Gasteiger partial charge in [-0.05, 0) is 148 Å². The zero-order valence-electron chi connectivity index (χ0n) is 33.4. The lowest BCUT2D eigenvalue weighted by atomic mass is 9.55. The van der Waals surface area contributed by atoms with Crippen molar-refractivity contribution in [1.29, 1.82) is 0 Å². The van der Waals surface area contributed by atoms with Gasteiger partial charge in [0.15, 0.2) is 0 Å². The van der Waals surface area contributed by atoms with Crippen molar-refractivity contribution in [3.8, 4) is 0 Å². The average Bonchev–Trinajstić information content (AvgIpc) is 3.62. The van der Waals surface area contributed by atoms with Gasteiger partial charge >= 0.3 is 0 Å². The summed E-state index contributed by atoms with van der Waals surface area (Å²) in [6.07, 6.45) is 8.35. The van der Waals surface area contributed by atoms with Gasteiger partial charge in [0.25, 0.3) is 0 Å². The summed E-state index contributed by atoms with van der Waals surface area (Å²) in [5.41, 5.74) is 5.83. The minimum atomic E-state index is 0.294. The second-order valence-corrected chi connectivity index (χ2v) is 21.3. The molecule has 4 saturated carbocycles. The number of rotatable bonds is 5. The molecule has 0 amide bonds. The fourth-order valence-electron chi connectivity index (χ4n) is 13.2. The van der Waals surface area contributed by atoms with Gasteiger partial charge in [-0.15, -0.1) is 0 Å². The van der Waals surface area contributed by atoms with Gasteiger partial charge in [0, 0.05) is 0 Å². The summed E-state index contributed by atoms with van der Waals surface area (Å²) >= 11 is 0. The predicted octanol–water partition coefficient (Wildman–Crippen LogP) is 14.1. The third-order valence-corrected chi connectivity index (χ3v) is 15.6. The molecule has 50 heavy (non-hydrogen) atoms. The van der Waals surface area contributed by atoms with Crippen LogP contribution in [0.5, 0.6) is 0 Å². The van der Waals surface area contributed by atoms with Crippen molar-refractivity contribution in [2.45, 2.75) is 126 Å². The number of hydrogen-bond acceptors (Lipinski definition) is 0. The van der Waals surface area contributed by atoms with E-state index in [0.717, 1.165) is 59.2 Å². The Morgan fingerprint density at radius 1 is 0.460 bits per heavy atom. The molecule has 0 bridgehead atoms. The van der Waals surface area contributed by atoms with Crippen molar-refractivity contribution in [2.24, 2.45) is 75.4 Å². The minimum absolute atomic E-state index is 0.294. The maximum atomic E-state index is 2.64. The van der Waals surface area contributed by atoms with Crippen molar-refractivity contribution in [2.75, 3.05) is 0 Å². The van der Waals surface area contributed by atoms with Gasteiger partial charge < -0.3 is 0 Å². The molecule has 270 valence electrons. The first kappa shape index (κ1) is 36.0. The topological polar surface area (TPSA) is 0 Å². The Morgan fingerprint density at radius 3 is 1.26 bits per heavy atom. The third-order valence-electron chi connectivity index (χ3n) is 15.6. The van der Waals surface area contributed by atoms with E-state index < -0.39 is 0 Å². The lowest BCUT2D eigenvalue weighted by Crippen LogP contribution is -2.40. The van der Waals surface area contributed by atoms with E-state index in [9.17, 15) is 0 Å². The fourth-order valence-corrected chi connectivity index (χ4v) is 13.2. The second kappa shape index (κ2) is 13.6. The van der Waals surface area contributed by atoms with Gasteiger partial charge in [0.2, 0.25) is 0 Å². The molecule has 3 aromatic carbocycles. The van der Waals surface area contributed by atoms with Crippen LogP contribution in [-0.2, 0) is 0 Å². The molecule has 4 aliphatic rings. The van der Waals surface area contributed by atoms with Gasteiger partial charge in [0.1, 0.15) is 0 Å². The van der Waals surface area contributed by atoms with Crippen LogP contribution in [0, 0.1) is 75.4 Å². The Balaban J connectivity index is 1.39. The number of hydrogen-bond donors (Lipinski definition) is 0. The fraction of sp³-hybridized carbons (Fsp3) is 0.640. The van der Waals surface area contributed by atoms with Crippen molar-refractivity contribution in [3.05, 3.63) is 108 Å². The molecule has 3 aromatic rings. The summed E-state index contributed by atoms with van der Waals surface area (Å²) in [6.45, 7) is 25.5. The average molecular weight is 671 g/mol. The summed E-state index contributed by atoms with van der Waals surface area (Å²) in [4.78, 5) is 0. The quantitative estimate of drug-likeness (QED) is 0.253. The van der Waals surface area contributed by atoms with E-state index in [0.29, 0.717) is 34.0 Å². The van der Waals surface area contributed by atoms with Gasteiger partial charge in [-0.2, -0.15) is 0 Å². The first-order valence-corrected chi connectivity index (χ1v) is 20.8. The van der Waals surface area contributed by atoms with Crippen LogP contribution < -0.4 is 0 Å². The minimum Gasteiger partial charge on any atom is -0.0622 e. The summed E-state index contributed by atoms with van der Waals surface area (Å²) in [7, 11) is 0. The molecule has 4 fully saturated rings. The van der Waals surface area contributed by atoms with Crippen LogP contribution in [-0.4, -0.2) is 0 Å². The van der Waals surface area contributed by atoms with Gasteiger partial charge in [-0.3, -0.25) is 0 Å². The molecule has 7 rings (SSSR count). The molecular weight excluding hydrogens is 601 g/mol. The highest BCUT2D eigenvalue weighted by Gasteiger charge is 2.61. The van der Waals surface area contributed by atoms with Crippen LogP contribution in [0.4, 0.5) is 0 Å². The Morgan fingerprint density at radius 2 is 0.880 bits per heavy atom. The van der Waals surface area contributed by atoms with Crippen LogP contribution in [0.25, 0.3) is 0 Å². The molecular formula is C50H70. The van der Waals surface area contributed by atoms with Crippen LogP contribution in [0.1, 0.15) is 142 Å². The summed E-state index contributed by atoms with van der Waals surface area (Å²) < 4.78 is 0. The lowest BCUT2D eigenvalue weighted by molar-refractivity contribution is 0.0336. The molecule has 0 nitrogen and oxygen atoms in total. The van der Waals surface area contributed by atoms with E-state index in [1.165, 1.54) is 38.5 Å². The Kier molecular flexibility index (Phi) is 9.78. The molecule has 0 aliphatic heterocycles. The molecule has 12 atom stereocenters. The normalized spacial score (nSPS) is 36.8. The van der Waals surface area contributed by atoms with Gasteiger partial charge in [0.05, 0.1) is 0 Å². The molecule has 0 saturated heterocycles. The van der Waals surface area contributed by atoms with Crippen molar-refractivity contribution in [1.82, 2.24) is 0 Å². The highest BCUT2D eigenvalue weighted by Crippen LogP contribution is 2.70. The molecule has 0 aromatic heterocycles. The molecule has 0 heterocycles. The number of benzene rings is 3. The molecule has 12 unspecified atom stereocenters. The maximum absolute atomic E-state index is 2.64. The third kappa shape index (κ3) is 6.81. The van der Waals surface area contributed by atoms with Crippen LogP contribution in [0.2, 0.25) is 0 Å². The SMILES string of the molecule is CC1CC(C(C)(C)C)CC1C(c1ccccc1)C1C2CC(c3ccccc3)C(C(C)(C)C)CC2C2CC(C(C)(C)C)C(c3ccccc3)CC21. The van der Waals surface area contributed by atoms with Crippen molar-refractivity contribution >= 4 is 0 Å². The molecule has 0 heteroatoms. The zero-order chi connectivity index (χ0) is 35.6. The Bertz CT molecular complexity index is 1450. The molecule has 0 radical (unpaired) electrons. The predicted molar refractivity (Wildman–Crippen MR) is 214 cm³/mol. The standard InChI is InChI=1S/C50H70/c1-32-26-36(48(2,3)4)27-37(32)46(35-24-18-13-19-25-35)47-42-28-38(33-20-14-11-15-21-33)44(49(5,6)7)30-40(42)41-31-45(50(8,9)10)39(29-43(41)47)34-22-16-12-17-23-34/h11-25,32,36-47H,26-31H2,1-10H3. The monoisotopic (exact) mass is 671 g/mol. The lowest BCUT2D eigenvalue weighted by Gasteiger charge is -2.49. The second-order valence-electron chi connectivity index (χ2n) is 21.3. The van der Waals surface area contributed by atoms with E-state index in [1.807, 2.05) is 0 Å².